The SMILES string of the molecule is CN(c1nc(C(F)(F)F)ccc1Cl)N1C(=O)[C@H]2[C@H](CC=C3[C@H]2C[C@H]2C(=O)C(c4ccccc4)=CC(=O)[C@@]2(c2ccccc2)[C@H]3c2ccc(O)cc2Cl)C1=O. The van der Waals surface area contributed by atoms with Crippen LogP contribution in [0.25, 0.3) is 5.57 Å². The molecule has 1 aromatic heterocycles. The second-order valence-electron chi connectivity index (χ2n) is 14.0. The zero-order valence-electron chi connectivity index (χ0n) is 28.4. The number of imide groups is 1. The average molecular weight is 773 g/mol. The lowest BCUT2D eigenvalue weighted by Gasteiger charge is -2.55. The zero-order chi connectivity index (χ0) is 38.3. The molecule has 2 amide bonds. The van der Waals surface area contributed by atoms with E-state index in [0.717, 1.165) is 16.1 Å². The molecule has 8 nitrogen and oxygen atoms in total. The van der Waals surface area contributed by atoms with Crippen molar-refractivity contribution in [2.24, 2.45) is 23.7 Å². The molecule has 0 bridgehead atoms. The molecule has 8 rings (SSSR count). The highest BCUT2D eigenvalue weighted by Gasteiger charge is 2.66. The molecular formula is C41H30Cl2F3N3O5. The number of rotatable bonds is 5. The molecule has 1 N–H and O–H groups in total. The first-order chi connectivity index (χ1) is 25.7. The Kier molecular flexibility index (Phi) is 8.57. The average Bonchev–Trinajstić information content (AvgIpc) is 3.41. The van der Waals surface area contributed by atoms with Crippen molar-refractivity contribution >= 4 is 58.0 Å². The van der Waals surface area contributed by atoms with Crippen LogP contribution in [-0.4, -0.2) is 45.5 Å². The number of halogens is 5. The number of carbonyl (C=O) groups is 4. The van der Waals surface area contributed by atoms with Gasteiger partial charge in [0.2, 0.25) is 0 Å². The summed E-state index contributed by atoms with van der Waals surface area (Å²) < 4.78 is 41.0. The van der Waals surface area contributed by atoms with Gasteiger partial charge in [0.1, 0.15) is 11.4 Å². The predicted octanol–water partition coefficient (Wildman–Crippen LogP) is 7.99. The van der Waals surface area contributed by atoms with Crippen LogP contribution in [0.5, 0.6) is 5.75 Å². The Morgan fingerprint density at radius 2 is 1.56 bits per heavy atom. The third-order valence-electron chi connectivity index (χ3n) is 11.4. The molecule has 0 radical (unpaired) electrons. The molecule has 0 unspecified atom stereocenters. The number of hydrazine groups is 1. The van der Waals surface area contributed by atoms with Gasteiger partial charge in [-0.05, 0) is 65.8 Å². The van der Waals surface area contributed by atoms with Gasteiger partial charge in [0, 0.05) is 29.5 Å². The summed E-state index contributed by atoms with van der Waals surface area (Å²) in [5.74, 6) is -7.29. The number of phenols is 1. The quantitative estimate of drug-likeness (QED) is 0.162. The summed E-state index contributed by atoms with van der Waals surface area (Å²) in [5, 5.41) is 12.0. The molecular weight excluding hydrogens is 742 g/mol. The number of hydrogen-bond acceptors (Lipinski definition) is 7. The third-order valence-corrected chi connectivity index (χ3v) is 12.0. The lowest BCUT2D eigenvalue weighted by molar-refractivity contribution is -0.141. The van der Waals surface area contributed by atoms with Crippen molar-refractivity contribution < 1.29 is 37.5 Å². The fraction of sp³-hybridized carbons (Fsp3) is 0.244. The monoisotopic (exact) mass is 771 g/mol. The zero-order valence-corrected chi connectivity index (χ0v) is 29.9. The van der Waals surface area contributed by atoms with Crippen LogP contribution in [0, 0.1) is 23.7 Å². The molecule has 13 heteroatoms. The number of allylic oxidation sites excluding steroid dienone is 4. The highest BCUT2D eigenvalue weighted by atomic mass is 35.5. The molecule has 4 aromatic rings. The maximum absolute atomic E-state index is 15.1. The van der Waals surface area contributed by atoms with Crippen LogP contribution in [-0.2, 0) is 30.8 Å². The number of hydrogen-bond donors (Lipinski definition) is 1. The molecule has 54 heavy (non-hydrogen) atoms. The highest BCUT2D eigenvalue weighted by molar-refractivity contribution is 6.34. The van der Waals surface area contributed by atoms with Crippen LogP contribution in [0.15, 0.2) is 109 Å². The predicted molar refractivity (Wildman–Crippen MR) is 194 cm³/mol. The van der Waals surface area contributed by atoms with Gasteiger partial charge in [0.25, 0.3) is 11.8 Å². The van der Waals surface area contributed by atoms with Crippen LogP contribution in [0.1, 0.15) is 41.1 Å². The van der Waals surface area contributed by atoms with Crippen molar-refractivity contribution in [2.45, 2.75) is 30.4 Å². The van der Waals surface area contributed by atoms with Crippen LogP contribution in [0.2, 0.25) is 10.0 Å². The number of aromatic hydroxyl groups is 1. The third kappa shape index (κ3) is 5.31. The first-order valence-corrected chi connectivity index (χ1v) is 18.0. The van der Waals surface area contributed by atoms with Crippen molar-refractivity contribution in [1.82, 2.24) is 9.99 Å². The van der Waals surface area contributed by atoms with Gasteiger partial charge in [-0.1, -0.05) is 102 Å². The second-order valence-corrected chi connectivity index (χ2v) is 14.8. The van der Waals surface area contributed by atoms with Crippen LogP contribution in [0.3, 0.4) is 0 Å². The number of aromatic nitrogens is 1. The number of amides is 2. The van der Waals surface area contributed by atoms with Crippen molar-refractivity contribution in [3.8, 4) is 5.75 Å². The van der Waals surface area contributed by atoms with Gasteiger partial charge in [-0.2, -0.15) is 18.2 Å². The summed E-state index contributed by atoms with van der Waals surface area (Å²) >= 11 is 13.2. The smallest absolute Gasteiger partial charge is 0.433 e. The van der Waals surface area contributed by atoms with E-state index in [-0.39, 0.29) is 45.8 Å². The number of carbonyl (C=O) groups excluding carboxylic acids is 4. The molecule has 2 heterocycles. The van der Waals surface area contributed by atoms with E-state index >= 15 is 9.59 Å². The summed E-state index contributed by atoms with van der Waals surface area (Å²) in [7, 11) is 1.25. The number of ketones is 2. The highest BCUT2D eigenvalue weighted by Crippen LogP contribution is 2.64. The number of benzene rings is 3. The van der Waals surface area contributed by atoms with E-state index in [9.17, 15) is 27.9 Å². The fourth-order valence-electron chi connectivity index (χ4n) is 9.16. The molecule has 3 aliphatic carbocycles. The van der Waals surface area contributed by atoms with Crippen molar-refractivity contribution in [3.05, 3.63) is 141 Å². The van der Waals surface area contributed by atoms with E-state index in [0.29, 0.717) is 28.3 Å². The number of fused-ring (bicyclic) bond motifs is 4. The second kappa shape index (κ2) is 13.0. The molecule has 1 aliphatic heterocycles. The van der Waals surface area contributed by atoms with E-state index < -0.39 is 64.5 Å². The molecule has 3 aromatic carbocycles. The van der Waals surface area contributed by atoms with E-state index in [1.807, 2.05) is 6.08 Å². The molecule has 2 fully saturated rings. The van der Waals surface area contributed by atoms with Crippen LogP contribution < -0.4 is 5.01 Å². The van der Waals surface area contributed by atoms with E-state index in [1.165, 1.54) is 25.3 Å². The van der Waals surface area contributed by atoms with Gasteiger partial charge in [-0.3, -0.25) is 24.2 Å². The normalized spacial score (nSPS) is 26.5. The Bertz CT molecular complexity index is 2320. The lowest BCUT2D eigenvalue weighted by atomic mass is 9.44. The van der Waals surface area contributed by atoms with Crippen molar-refractivity contribution in [2.75, 3.05) is 12.1 Å². The summed E-state index contributed by atoms with van der Waals surface area (Å²) in [5.41, 5.74) is -0.395. The Morgan fingerprint density at radius 1 is 0.870 bits per heavy atom. The molecule has 0 spiro atoms. The first-order valence-electron chi connectivity index (χ1n) is 17.2. The number of nitrogens with zero attached hydrogens (tertiary/aromatic N) is 3. The topological polar surface area (TPSA) is 108 Å². The first kappa shape index (κ1) is 35.8. The number of alkyl halides is 3. The summed E-state index contributed by atoms with van der Waals surface area (Å²) in [6, 6.07) is 23.9. The molecule has 274 valence electrons. The minimum Gasteiger partial charge on any atom is -0.508 e. The van der Waals surface area contributed by atoms with E-state index in [4.69, 9.17) is 23.2 Å². The van der Waals surface area contributed by atoms with E-state index in [1.54, 1.807) is 66.7 Å². The molecule has 4 aliphatic rings. The number of anilines is 1. The van der Waals surface area contributed by atoms with Gasteiger partial charge in [-0.25, -0.2) is 4.98 Å². The summed E-state index contributed by atoms with van der Waals surface area (Å²) in [6.45, 7) is 0. The number of phenolic OH excluding ortho intramolecular Hbond substituents is 1. The number of Topliss-reactive ketones (excluding diaryl/α,β-unsaturated/α-hetero) is 1. The van der Waals surface area contributed by atoms with Gasteiger partial charge in [0.05, 0.1) is 22.3 Å². The van der Waals surface area contributed by atoms with Gasteiger partial charge in [-0.15, -0.1) is 0 Å². The van der Waals surface area contributed by atoms with Crippen LogP contribution >= 0.6 is 23.2 Å². The summed E-state index contributed by atoms with van der Waals surface area (Å²) in [4.78, 5) is 62.6. The van der Waals surface area contributed by atoms with Gasteiger partial charge >= 0.3 is 6.18 Å². The largest absolute Gasteiger partial charge is 0.508 e. The van der Waals surface area contributed by atoms with Gasteiger partial charge in [0.15, 0.2) is 17.4 Å². The molecule has 6 atom stereocenters. The maximum Gasteiger partial charge on any atom is 0.433 e. The Hall–Kier alpha value is -5.26. The van der Waals surface area contributed by atoms with Gasteiger partial charge < -0.3 is 5.11 Å². The fourth-order valence-corrected chi connectivity index (χ4v) is 9.67. The Labute approximate surface area is 317 Å². The Morgan fingerprint density at radius 3 is 2.22 bits per heavy atom. The summed E-state index contributed by atoms with van der Waals surface area (Å²) in [6.07, 6.45) is -1.53. The van der Waals surface area contributed by atoms with Crippen molar-refractivity contribution in [3.63, 3.8) is 0 Å². The standard InChI is InChI=1S/C41H30Cl2F3N3O5/c1-48(37-30(42)16-17-32(47-37)41(44,45)46)49-38(53)26-15-14-24-28(34(26)39(49)54)19-29-36(52)27(21-8-4-2-5-9-21)20-33(51)40(29,22-10-6-3-7-11-22)35(24)25-13-12-23(50)18-31(25)43/h2-14,16-18,20,26,28-29,34-35,50H,15,19H2,1H3/t26-,28+,29-,34-,35+,40-/m0/s1. The van der Waals surface area contributed by atoms with Crippen molar-refractivity contribution in [1.29, 1.82) is 0 Å². The van der Waals surface area contributed by atoms with E-state index in [2.05, 4.69) is 4.98 Å². The Balaban J connectivity index is 1.31. The molecule has 1 saturated carbocycles. The van der Waals surface area contributed by atoms with Crippen LogP contribution in [0.4, 0.5) is 19.0 Å². The number of pyridine rings is 1. The maximum atomic E-state index is 15.1. The molecule has 1 saturated heterocycles. The minimum atomic E-state index is -4.82. The minimum absolute atomic E-state index is 0.00197. The lowest BCUT2D eigenvalue weighted by Crippen LogP contribution is -2.59.